The average molecular weight is 350 g/mol. The minimum atomic E-state index is -0.542. The van der Waals surface area contributed by atoms with E-state index >= 15 is 0 Å². The zero-order chi connectivity index (χ0) is 17.5. The predicted octanol–water partition coefficient (Wildman–Crippen LogP) is 4.15. The van der Waals surface area contributed by atoms with Crippen LogP contribution < -0.4 is 5.32 Å². The van der Waals surface area contributed by atoms with Crippen LogP contribution in [0.1, 0.15) is 24.8 Å². The van der Waals surface area contributed by atoms with Gasteiger partial charge in [0, 0.05) is 0 Å². The fraction of sp³-hybridized carbons (Fsp3) is 0.222. The third-order valence-electron chi connectivity index (χ3n) is 3.45. The highest BCUT2D eigenvalue weighted by Gasteiger charge is 2.21. The summed E-state index contributed by atoms with van der Waals surface area (Å²) < 4.78 is 18.0. The molecule has 0 aliphatic heterocycles. The molecule has 1 atom stereocenters. The van der Waals surface area contributed by atoms with Gasteiger partial charge in [-0.3, -0.25) is 9.59 Å². The largest absolute Gasteiger partial charge is 0.455 e. The highest BCUT2D eigenvalue weighted by atomic mass is 35.5. The Bertz CT molecular complexity index is 721. The van der Waals surface area contributed by atoms with Crippen LogP contribution in [-0.4, -0.2) is 18.5 Å². The molecule has 24 heavy (non-hydrogen) atoms. The maximum atomic E-state index is 13.0. The van der Waals surface area contributed by atoms with E-state index < -0.39 is 30.2 Å². The molecule has 2 aromatic rings. The van der Waals surface area contributed by atoms with Crippen LogP contribution >= 0.6 is 11.6 Å². The standard InChI is InChI=1S/C18H17ClFNO3/c1-2-14(12-6-4-3-5-7-12)18(23)24-11-17(22)21-16-9-8-13(20)10-15(16)19/h3-10,14H,2,11H2,1H3,(H,21,22). The Morgan fingerprint density at radius 3 is 2.54 bits per heavy atom. The minimum absolute atomic E-state index is 0.0744. The smallest absolute Gasteiger partial charge is 0.313 e. The minimum Gasteiger partial charge on any atom is -0.455 e. The number of hydrogen-bond donors (Lipinski definition) is 1. The third-order valence-corrected chi connectivity index (χ3v) is 3.76. The highest BCUT2D eigenvalue weighted by Crippen LogP contribution is 2.23. The molecule has 1 amide bonds. The molecule has 0 aliphatic carbocycles. The molecule has 0 saturated heterocycles. The van der Waals surface area contributed by atoms with Crippen LogP contribution in [0.2, 0.25) is 5.02 Å². The summed E-state index contributed by atoms with van der Waals surface area (Å²) in [6.45, 7) is 1.44. The van der Waals surface area contributed by atoms with E-state index in [1.165, 1.54) is 12.1 Å². The molecule has 1 unspecified atom stereocenters. The molecule has 0 bridgehead atoms. The number of halogens is 2. The number of amides is 1. The van der Waals surface area contributed by atoms with Gasteiger partial charge in [0.25, 0.3) is 5.91 Å². The number of carbonyl (C=O) groups is 2. The lowest BCUT2D eigenvalue weighted by molar-refractivity contribution is -0.149. The molecule has 0 saturated carbocycles. The number of nitrogens with one attached hydrogen (secondary N) is 1. The fourth-order valence-corrected chi connectivity index (χ4v) is 2.45. The topological polar surface area (TPSA) is 55.4 Å². The number of hydrogen-bond acceptors (Lipinski definition) is 3. The molecule has 126 valence electrons. The lowest BCUT2D eigenvalue weighted by Crippen LogP contribution is -2.24. The zero-order valence-corrected chi connectivity index (χ0v) is 13.8. The van der Waals surface area contributed by atoms with Crippen molar-refractivity contribution in [2.24, 2.45) is 0 Å². The van der Waals surface area contributed by atoms with E-state index in [4.69, 9.17) is 16.3 Å². The summed E-state index contributed by atoms with van der Waals surface area (Å²) in [6, 6.07) is 12.8. The van der Waals surface area contributed by atoms with Crippen molar-refractivity contribution >= 4 is 29.2 Å². The molecule has 0 fully saturated rings. The lowest BCUT2D eigenvalue weighted by atomic mass is 9.97. The SMILES string of the molecule is CCC(C(=O)OCC(=O)Nc1ccc(F)cc1Cl)c1ccccc1. The number of anilines is 1. The Morgan fingerprint density at radius 2 is 1.92 bits per heavy atom. The molecule has 6 heteroatoms. The van der Waals surface area contributed by atoms with E-state index in [1.807, 2.05) is 37.3 Å². The van der Waals surface area contributed by atoms with E-state index in [9.17, 15) is 14.0 Å². The molecule has 0 aliphatic rings. The van der Waals surface area contributed by atoms with Crippen molar-refractivity contribution in [2.45, 2.75) is 19.3 Å². The van der Waals surface area contributed by atoms with Gasteiger partial charge < -0.3 is 10.1 Å². The highest BCUT2D eigenvalue weighted by molar-refractivity contribution is 6.33. The van der Waals surface area contributed by atoms with Crippen LogP contribution in [-0.2, 0) is 14.3 Å². The van der Waals surface area contributed by atoms with Crippen molar-refractivity contribution in [3.05, 3.63) is 64.9 Å². The molecule has 4 nitrogen and oxygen atoms in total. The Balaban J connectivity index is 1.92. The van der Waals surface area contributed by atoms with Crippen molar-refractivity contribution in [3.63, 3.8) is 0 Å². The van der Waals surface area contributed by atoms with Gasteiger partial charge >= 0.3 is 5.97 Å². The van der Waals surface area contributed by atoms with E-state index in [0.29, 0.717) is 6.42 Å². The van der Waals surface area contributed by atoms with E-state index in [2.05, 4.69) is 5.32 Å². The van der Waals surface area contributed by atoms with E-state index in [1.54, 1.807) is 0 Å². The van der Waals surface area contributed by atoms with Crippen LogP contribution in [0.25, 0.3) is 0 Å². The van der Waals surface area contributed by atoms with Crippen molar-refractivity contribution in [1.82, 2.24) is 0 Å². The predicted molar refractivity (Wildman–Crippen MR) is 90.5 cm³/mol. The summed E-state index contributed by atoms with van der Waals surface area (Å²) in [7, 11) is 0. The van der Waals surface area contributed by atoms with Gasteiger partial charge in [-0.2, -0.15) is 0 Å². The first-order valence-corrected chi connectivity index (χ1v) is 7.85. The van der Waals surface area contributed by atoms with Gasteiger partial charge in [0.15, 0.2) is 6.61 Å². The first-order valence-electron chi connectivity index (χ1n) is 7.47. The summed E-state index contributed by atoms with van der Waals surface area (Å²) in [5.41, 5.74) is 1.10. The van der Waals surface area contributed by atoms with Crippen LogP contribution in [0.5, 0.6) is 0 Å². The molecule has 0 heterocycles. The summed E-state index contributed by atoms with van der Waals surface area (Å²) in [6.07, 6.45) is 0.564. The Labute approximate surface area is 144 Å². The normalized spacial score (nSPS) is 11.6. The van der Waals surface area contributed by atoms with Crippen LogP contribution in [0, 0.1) is 5.82 Å². The number of ether oxygens (including phenoxy) is 1. The number of carbonyl (C=O) groups excluding carboxylic acids is 2. The molecule has 1 N–H and O–H groups in total. The quantitative estimate of drug-likeness (QED) is 0.797. The second kappa shape index (κ2) is 8.45. The van der Waals surface area contributed by atoms with Crippen molar-refractivity contribution in [1.29, 1.82) is 0 Å². The van der Waals surface area contributed by atoms with Gasteiger partial charge in [-0.25, -0.2) is 4.39 Å². The number of esters is 1. The summed E-state index contributed by atoms with van der Waals surface area (Å²) in [5.74, 6) is -1.93. The molecule has 0 spiro atoms. The molecular formula is C18H17ClFNO3. The van der Waals surface area contributed by atoms with E-state index in [0.717, 1.165) is 11.6 Å². The van der Waals surface area contributed by atoms with Crippen molar-refractivity contribution in [2.75, 3.05) is 11.9 Å². The maximum Gasteiger partial charge on any atom is 0.313 e. The van der Waals surface area contributed by atoms with Gasteiger partial charge in [-0.1, -0.05) is 48.9 Å². The molecular weight excluding hydrogens is 333 g/mol. The van der Waals surface area contributed by atoms with Gasteiger partial charge in [-0.05, 0) is 30.2 Å². The second-order valence-corrected chi connectivity index (χ2v) is 5.56. The van der Waals surface area contributed by atoms with Crippen molar-refractivity contribution in [3.8, 4) is 0 Å². The Morgan fingerprint density at radius 1 is 1.21 bits per heavy atom. The Hall–Kier alpha value is -2.40. The molecule has 0 aromatic heterocycles. The molecule has 2 aromatic carbocycles. The van der Waals surface area contributed by atoms with Crippen molar-refractivity contribution < 1.29 is 18.7 Å². The summed E-state index contributed by atoms with van der Waals surface area (Å²) in [5, 5.41) is 2.55. The maximum absolute atomic E-state index is 13.0. The lowest BCUT2D eigenvalue weighted by Gasteiger charge is -2.14. The van der Waals surface area contributed by atoms with Gasteiger partial charge in [0.05, 0.1) is 16.6 Å². The summed E-state index contributed by atoms with van der Waals surface area (Å²) in [4.78, 5) is 24.0. The van der Waals surface area contributed by atoms with Crippen LogP contribution in [0.15, 0.2) is 48.5 Å². The number of benzene rings is 2. The Kier molecular flexibility index (Phi) is 6.32. The molecule has 2 rings (SSSR count). The number of rotatable bonds is 6. The first-order chi connectivity index (χ1) is 11.5. The van der Waals surface area contributed by atoms with Gasteiger partial charge in [0.1, 0.15) is 5.82 Å². The fourth-order valence-electron chi connectivity index (χ4n) is 2.24. The van der Waals surface area contributed by atoms with Crippen LogP contribution in [0.4, 0.5) is 10.1 Å². The van der Waals surface area contributed by atoms with Crippen LogP contribution in [0.3, 0.4) is 0 Å². The third kappa shape index (κ3) is 4.80. The van der Waals surface area contributed by atoms with Gasteiger partial charge in [0.2, 0.25) is 0 Å². The first kappa shape index (κ1) is 17.9. The van der Waals surface area contributed by atoms with Gasteiger partial charge in [-0.15, -0.1) is 0 Å². The molecule has 0 radical (unpaired) electrons. The monoisotopic (exact) mass is 349 g/mol. The van der Waals surface area contributed by atoms with E-state index in [-0.39, 0.29) is 10.7 Å². The average Bonchev–Trinajstić information content (AvgIpc) is 2.57. The zero-order valence-electron chi connectivity index (χ0n) is 13.1. The summed E-state index contributed by atoms with van der Waals surface area (Å²) >= 11 is 5.83. The second-order valence-electron chi connectivity index (χ2n) is 5.15.